The molecule has 5 heteroatoms. The van der Waals surface area contributed by atoms with Crippen molar-refractivity contribution in [2.75, 3.05) is 19.6 Å². The van der Waals surface area contributed by atoms with Crippen LogP contribution in [0.15, 0.2) is 6.33 Å². The number of hydrogen-bond acceptors (Lipinski definition) is 4. The van der Waals surface area contributed by atoms with E-state index in [-0.39, 0.29) is 5.82 Å². The molecule has 1 aliphatic heterocycles. The van der Waals surface area contributed by atoms with Crippen molar-refractivity contribution in [3.63, 3.8) is 0 Å². The zero-order valence-corrected chi connectivity index (χ0v) is 8.06. The highest BCUT2D eigenvalue weighted by Gasteiger charge is 2.11. The van der Waals surface area contributed by atoms with Crippen LogP contribution >= 0.6 is 0 Å². The van der Waals surface area contributed by atoms with Crippen molar-refractivity contribution < 1.29 is 0 Å². The number of likely N-dealkylation sites (tertiary alicyclic amines) is 1. The van der Waals surface area contributed by atoms with Crippen molar-refractivity contribution in [1.82, 2.24) is 19.7 Å². The summed E-state index contributed by atoms with van der Waals surface area (Å²) in [6.07, 6.45) is 4.23. The molecule has 0 bridgehead atoms. The van der Waals surface area contributed by atoms with Crippen molar-refractivity contribution in [3.05, 3.63) is 12.2 Å². The Morgan fingerprint density at radius 1 is 1.36 bits per heavy atom. The molecule has 0 N–H and O–H groups in total. The lowest BCUT2D eigenvalue weighted by molar-refractivity contribution is 0.315. The predicted octanol–water partition coefficient (Wildman–Crippen LogP) is 0.246. The SMILES string of the molecule is N#Cc1ncn(CCN2CCCC2)n1. The molecule has 2 heterocycles. The van der Waals surface area contributed by atoms with Crippen molar-refractivity contribution in [2.45, 2.75) is 19.4 Å². The quantitative estimate of drug-likeness (QED) is 0.687. The van der Waals surface area contributed by atoms with Crippen molar-refractivity contribution in [3.8, 4) is 6.07 Å². The molecule has 0 saturated carbocycles. The average Bonchev–Trinajstić information content (AvgIpc) is 2.86. The van der Waals surface area contributed by atoms with Gasteiger partial charge in [0, 0.05) is 6.54 Å². The lowest BCUT2D eigenvalue weighted by Crippen LogP contribution is -2.24. The van der Waals surface area contributed by atoms with Crippen molar-refractivity contribution in [1.29, 1.82) is 5.26 Å². The van der Waals surface area contributed by atoms with E-state index in [1.165, 1.54) is 25.9 Å². The average molecular weight is 191 g/mol. The molecule has 0 spiro atoms. The van der Waals surface area contributed by atoms with Crippen LogP contribution in [0.25, 0.3) is 0 Å². The second-order valence-electron chi connectivity index (χ2n) is 3.49. The molecule has 0 amide bonds. The summed E-state index contributed by atoms with van der Waals surface area (Å²) in [5.74, 6) is 0.256. The summed E-state index contributed by atoms with van der Waals surface area (Å²) in [4.78, 5) is 6.26. The predicted molar refractivity (Wildman–Crippen MR) is 50.4 cm³/mol. The molecule has 1 aromatic rings. The molecule has 0 aromatic carbocycles. The second-order valence-corrected chi connectivity index (χ2v) is 3.49. The second kappa shape index (κ2) is 4.20. The van der Waals surface area contributed by atoms with Gasteiger partial charge in [0.25, 0.3) is 5.82 Å². The molecular weight excluding hydrogens is 178 g/mol. The maximum Gasteiger partial charge on any atom is 0.252 e. The molecule has 74 valence electrons. The van der Waals surface area contributed by atoms with Gasteiger partial charge in [-0.3, -0.25) is 4.68 Å². The summed E-state index contributed by atoms with van der Waals surface area (Å²) in [6, 6.07) is 1.92. The van der Waals surface area contributed by atoms with E-state index in [0.717, 1.165) is 13.1 Å². The maximum atomic E-state index is 8.53. The molecule has 5 nitrogen and oxygen atoms in total. The minimum Gasteiger partial charge on any atom is -0.301 e. The normalized spacial score (nSPS) is 17.1. The molecule has 0 atom stereocenters. The van der Waals surface area contributed by atoms with Crippen LogP contribution in [0.3, 0.4) is 0 Å². The van der Waals surface area contributed by atoms with Crippen LogP contribution in [0.2, 0.25) is 0 Å². The minimum atomic E-state index is 0.256. The largest absolute Gasteiger partial charge is 0.301 e. The Morgan fingerprint density at radius 2 is 2.14 bits per heavy atom. The van der Waals surface area contributed by atoms with Crippen LogP contribution in [0.5, 0.6) is 0 Å². The van der Waals surface area contributed by atoms with E-state index in [9.17, 15) is 0 Å². The lowest BCUT2D eigenvalue weighted by atomic mass is 10.4. The summed E-state index contributed by atoms with van der Waals surface area (Å²) < 4.78 is 1.73. The fourth-order valence-corrected chi connectivity index (χ4v) is 1.70. The fraction of sp³-hybridized carbons (Fsp3) is 0.667. The van der Waals surface area contributed by atoms with Crippen LogP contribution < -0.4 is 0 Å². The molecule has 0 aliphatic carbocycles. The monoisotopic (exact) mass is 191 g/mol. The number of hydrogen-bond donors (Lipinski definition) is 0. The highest BCUT2D eigenvalue weighted by Crippen LogP contribution is 2.06. The van der Waals surface area contributed by atoms with E-state index in [1.807, 2.05) is 6.07 Å². The molecular formula is C9H13N5. The smallest absolute Gasteiger partial charge is 0.252 e. The first-order valence-electron chi connectivity index (χ1n) is 4.90. The Morgan fingerprint density at radius 3 is 2.79 bits per heavy atom. The van der Waals surface area contributed by atoms with Gasteiger partial charge < -0.3 is 4.90 Å². The fourth-order valence-electron chi connectivity index (χ4n) is 1.70. The standard InChI is InChI=1S/C9H13N5/c10-7-9-11-8-14(12-9)6-5-13-3-1-2-4-13/h8H,1-6H2. The molecule has 1 aromatic heterocycles. The number of aromatic nitrogens is 3. The number of nitriles is 1. The van der Waals surface area contributed by atoms with Gasteiger partial charge in [-0.2, -0.15) is 5.26 Å². The third-order valence-corrected chi connectivity index (χ3v) is 2.48. The Hall–Kier alpha value is -1.41. The van der Waals surface area contributed by atoms with Crippen LogP contribution in [0.1, 0.15) is 18.7 Å². The van der Waals surface area contributed by atoms with Crippen LogP contribution in [-0.2, 0) is 6.54 Å². The van der Waals surface area contributed by atoms with Gasteiger partial charge in [0.05, 0.1) is 6.54 Å². The van der Waals surface area contributed by atoms with Gasteiger partial charge in [-0.15, -0.1) is 5.10 Å². The molecule has 0 unspecified atom stereocenters. The molecule has 0 radical (unpaired) electrons. The summed E-state index contributed by atoms with van der Waals surface area (Å²) in [7, 11) is 0. The van der Waals surface area contributed by atoms with E-state index in [4.69, 9.17) is 5.26 Å². The van der Waals surface area contributed by atoms with Gasteiger partial charge in [0.15, 0.2) is 0 Å². The Kier molecular flexibility index (Phi) is 2.75. The van der Waals surface area contributed by atoms with Gasteiger partial charge in [-0.25, -0.2) is 4.98 Å². The Labute approximate surface area is 83.0 Å². The molecule has 1 fully saturated rings. The van der Waals surface area contributed by atoms with Crippen molar-refractivity contribution >= 4 is 0 Å². The molecule has 1 aliphatic rings. The van der Waals surface area contributed by atoms with Gasteiger partial charge in [-0.1, -0.05) is 0 Å². The molecule has 14 heavy (non-hydrogen) atoms. The summed E-state index contributed by atoms with van der Waals surface area (Å²) in [5, 5.41) is 12.5. The van der Waals surface area contributed by atoms with Crippen LogP contribution in [-0.4, -0.2) is 39.3 Å². The topological polar surface area (TPSA) is 57.7 Å². The van der Waals surface area contributed by atoms with E-state index in [1.54, 1.807) is 11.0 Å². The van der Waals surface area contributed by atoms with Crippen LogP contribution in [0, 0.1) is 11.3 Å². The molecule has 2 rings (SSSR count). The first-order valence-corrected chi connectivity index (χ1v) is 4.90. The highest BCUT2D eigenvalue weighted by molar-refractivity contribution is 5.05. The number of nitrogens with zero attached hydrogens (tertiary/aromatic N) is 5. The molecule has 1 saturated heterocycles. The third-order valence-electron chi connectivity index (χ3n) is 2.48. The maximum absolute atomic E-state index is 8.53. The zero-order valence-electron chi connectivity index (χ0n) is 8.06. The van der Waals surface area contributed by atoms with Gasteiger partial charge in [-0.05, 0) is 25.9 Å². The van der Waals surface area contributed by atoms with Crippen molar-refractivity contribution in [2.24, 2.45) is 0 Å². The first kappa shape index (κ1) is 9.16. The van der Waals surface area contributed by atoms with Gasteiger partial charge in [0.1, 0.15) is 12.4 Å². The lowest BCUT2D eigenvalue weighted by Gasteiger charge is -2.13. The van der Waals surface area contributed by atoms with E-state index in [2.05, 4.69) is 15.0 Å². The highest BCUT2D eigenvalue weighted by atomic mass is 15.3. The Balaban J connectivity index is 1.82. The minimum absolute atomic E-state index is 0.256. The Bertz CT molecular complexity index is 331. The summed E-state index contributed by atoms with van der Waals surface area (Å²) in [6.45, 7) is 4.22. The van der Waals surface area contributed by atoms with E-state index < -0.39 is 0 Å². The zero-order chi connectivity index (χ0) is 9.80. The first-order chi connectivity index (χ1) is 6.88. The number of rotatable bonds is 3. The summed E-state index contributed by atoms with van der Waals surface area (Å²) >= 11 is 0. The van der Waals surface area contributed by atoms with E-state index >= 15 is 0 Å². The summed E-state index contributed by atoms with van der Waals surface area (Å²) in [5.41, 5.74) is 0. The van der Waals surface area contributed by atoms with Gasteiger partial charge >= 0.3 is 0 Å². The third kappa shape index (κ3) is 2.09. The van der Waals surface area contributed by atoms with Crippen LogP contribution in [0.4, 0.5) is 0 Å². The van der Waals surface area contributed by atoms with Gasteiger partial charge in [0.2, 0.25) is 0 Å². The van der Waals surface area contributed by atoms with E-state index in [0.29, 0.717) is 0 Å².